The Balaban J connectivity index is 1.95. The maximum atomic E-state index is 12.2. The summed E-state index contributed by atoms with van der Waals surface area (Å²) >= 11 is 0. The zero-order valence-corrected chi connectivity index (χ0v) is 10.5. The topological polar surface area (TPSA) is 50.2 Å². The summed E-state index contributed by atoms with van der Waals surface area (Å²) in [6, 6.07) is 0.365. The predicted molar refractivity (Wildman–Crippen MR) is 65.6 cm³/mol. The van der Waals surface area contributed by atoms with Gasteiger partial charge in [0.2, 0.25) is 5.91 Å². The van der Waals surface area contributed by atoms with E-state index in [0.29, 0.717) is 12.5 Å². The van der Waals surface area contributed by atoms with E-state index < -0.39 is 0 Å². The molecule has 0 bridgehead atoms. The van der Waals surface area contributed by atoms with Crippen LogP contribution in [0.15, 0.2) is 12.4 Å². The number of aromatic nitrogens is 2. The Morgan fingerprint density at radius 2 is 2.47 bits per heavy atom. The molecule has 1 N–H and O–H groups in total. The first-order chi connectivity index (χ1) is 8.20. The Hall–Kier alpha value is -1.36. The summed E-state index contributed by atoms with van der Waals surface area (Å²) in [5, 5.41) is 7.24. The highest BCUT2D eigenvalue weighted by atomic mass is 16.2. The van der Waals surface area contributed by atoms with E-state index in [1.807, 2.05) is 25.2 Å². The zero-order chi connectivity index (χ0) is 12.3. The van der Waals surface area contributed by atoms with Crippen molar-refractivity contribution in [1.29, 1.82) is 0 Å². The molecule has 0 aromatic carbocycles. The lowest BCUT2D eigenvalue weighted by Crippen LogP contribution is -2.41. The van der Waals surface area contributed by atoms with Crippen LogP contribution >= 0.6 is 0 Å². The van der Waals surface area contributed by atoms with E-state index in [1.54, 1.807) is 10.9 Å². The fourth-order valence-electron chi connectivity index (χ4n) is 2.45. The molecule has 0 aliphatic carbocycles. The number of hydrogen-bond donors (Lipinski definition) is 1. The fraction of sp³-hybridized carbons (Fsp3) is 0.667. The van der Waals surface area contributed by atoms with E-state index in [2.05, 4.69) is 10.4 Å². The largest absolute Gasteiger partial charge is 0.338 e. The highest BCUT2D eigenvalue weighted by molar-refractivity contribution is 5.79. The highest BCUT2D eigenvalue weighted by Gasteiger charge is 2.27. The van der Waals surface area contributed by atoms with Gasteiger partial charge in [0.1, 0.15) is 0 Å². The Kier molecular flexibility index (Phi) is 3.78. The molecular weight excluding hydrogens is 216 g/mol. The maximum Gasteiger partial charge on any atom is 0.227 e. The molecule has 1 aromatic heterocycles. The van der Waals surface area contributed by atoms with Crippen molar-refractivity contribution in [2.45, 2.75) is 25.3 Å². The average molecular weight is 236 g/mol. The Morgan fingerprint density at radius 1 is 1.65 bits per heavy atom. The lowest BCUT2D eigenvalue weighted by atomic mass is 10.2. The van der Waals surface area contributed by atoms with E-state index in [1.165, 1.54) is 0 Å². The van der Waals surface area contributed by atoms with Gasteiger partial charge in [-0.2, -0.15) is 5.10 Å². The first kappa shape index (κ1) is 12.1. The predicted octanol–water partition coefficient (Wildman–Crippen LogP) is 0.173. The van der Waals surface area contributed by atoms with Gasteiger partial charge in [0.05, 0.1) is 12.6 Å². The molecule has 5 nitrogen and oxygen atoms in total. The third kappa shape index (κ3) is 2.85. The normalized spacial score (nSPS) is 19.9. The van der Waals surface area contributed by atoms with Crippen molar-refractivity contribution in [1.82, 2.24) is 20.0 Å². The standard InChI is InChI=1S/C12H20N4O/c1-13-8-11-4-3-5-16(11)12(17)6-10-7-14-15(2)9-10/h7,9,11,13H,3-6,8H2,1-2H3/t11-/m0/s1. The third-order valence-electron chi connectivity index (χ3n) is 3.25. The lowest BCUT2D eigenvalue weighted by Gasteiger charge is -2.24. The first-order valence-corrected chi connectivity index (χ1v) is 6.12. The van der Waals surface area contributed by atoms with Gasteiger partial charge in [-0.3, -0.25) is 9.48 Å². The van der Waals surface area contributed by atoms with Gasteiger partial charge < -0.3 is 10.2 Å². The van der Waals surface area contributed by atoms with E-state index in [4.69, 9.17) is 0 Å². The van der Waals surface area contributed by atoms with Crippen LogP contribution in [-0.4, -0.2) is 46.8 Å². The molecule has 0 saturated carbocycles. The minimum absolute atomic E-state index is 0.218. The van der Waals surface area contributed by atoms with E-state index >= 15 is 0 Å². The number of nitrogens with one attached hydrogen (secondary N) is 1. The molecule has 1 aromatic rings. The summed E-state index contributed by atoms with van der Waals surface area (Å²) in [4.78, 5) is 14.2. The van der Waals surface area contributed by atoms with Crippen molar-refractivity contribution in [2.75, 3.05) is 20.1 Å². The van der Waals surface area contributed by atoms with Gasteiger partial charge >= 0.3 is 0 Å². The van der Waals surface area contributed by atoms with Gasteiger partial charge in [-0.15, -0.1) is 0 Å². The van der Waals surface area contributed by atoms with Crippen molar-refractivity contribution in [3.05, 3.63) is 18.0 Å². The van der Waals surface area contributed by atoms with Crippen LogP contribution in [0.5, 0.6) is 0 Å². The van der Waals surface area contributed by atoms with Gasteiger partial charge in [0, 0.05) is 32.4 Å². The monoisotopic (exact) mass is 236 g/mol. The summed E-state index contributed by atoms with van der Waals surface area (Å²) < 4.78 is 1.73. The zero-order valence-electron chi connectivity index (χ0n) is 10.5. The van der Waals surface area contributed by atoms with Crippen molar-refractivity contribution < 1.29 is 4.79 Å². The molecule has 2 rings (SSSR count). The molecule has 17 heavy (non-hydrogen) atoms. The van der Waals surface area contributed by atoms with E-state index in [9.17, 15) is 4.79 Å². The minimum atomic E-state index is 0.218. The number of nitrogens with zero attached hydrogens (tertiary/aromatic N) is 3. The van der Waals surface area contributed by atoms with Crippen molar-refractivity contribution in [3.8, 4) is 0 Å². The molecule has 1 fully saturated rings. The Morgan fingerprint density at radius 3 is 3.12 bits per heavy atom. The number of rotatable bonds is 4. The molecule has 2 heterocycles. The Labute approximate surface area is 102 Å². The maximum absolute atomic E-state index is 12.2. The molecular formula is C12H20N4O. The molecule has 1 atom stereocenters. The number of carbonyl (C=O) groups excluding carboxylic acids is 1. The minimum Gasteiger partial charge on any atom is -0.338 e. The van der Waals surface area contributed by atoms with Crippen LogP contribution in [0.1, 0.15) is 18.4 Å². The molecule has 94 valence electrons. The van der Waals surface area contributed by atoms with E-state index in [-0.39, 0.29) is 5.91 Å². The number of aryl methyl sites for hydroxylation is 1. The smallest absolute Gasteiger partial charge is 0.227 e. The summed E-state index contributed by atoms with van der Waals surface area (Å²) in [5.41, 5.74) is 0.993. The number of carbonyl (C=O) groups is 1. The second-order valence-electron chi connectivity index (χ2n) is 4.64. The molecule has 1 saturated heterocycles. The van der Waals surface area contributed by atoms with Crippen LogP contribution in [0.4, 0.5) is 0 Å². The lowest BCUT2D eigenvalue weighted by molar-refractivity contribution is -0.131. The highest BCUT2D eigenvalue weighted by Crippen LogP contribution is 2.17. The Bertz CT molecular complexity index is 388. The molecule has 0 unspecified atom stereocenters. The average Bonchev–Trinajstić information content (AvgIpc) is 2.88. The molecule has 1 amide bonds. The SMILES string of the molecule is CNC[C@@H]1CCCN1C(=O)Cc1cnn(C)c1. The molecule has 0 spiro atoms. The summed E-state index contributed by atoms with van der Waals surface area (Å²) in [6.45, 7) is 1.78. The van der Waals surface area contributed by atoms with Crippen molar-refractivity contribution in [2.24, 2.45) is 7.05 Å². The van der Waals surface area contributed by atoms with Crippen LogP contribution in [0.2, 0.25) is 0 Å². The first-order valence-electron chi connectivity index (χ1n) is 6.12. The number of amides is 1. The summed E-state index contributed by atoms with van der Waals surface area (Å²) in [7, 11) is 3.80. The summed E-state index contributed by atoms with van der Waals surface area (Å²) in [6.07, 6.45) is 6.36. The number of hydrogen-bond acceptors (Lipinski definition) is 3. The van der Waals surface area contributed by atoms with Crippen LogP contribution < -0.4 is 5.32 Å². The van der Waals surface area contributed by atoms with Crippen molar-refractivity contribution in [3.63, 3.8) is 0 Å². The second kappa shape index (κ2) is 5.31. The third-order valence-corrected chi connectivity index (χ3v) is 3.25. The molecule has 0 radical (unpaired) electrons. The molecule has 5 heteroatoms. The van der Waals surface area contributed by atoms with Gasteiger partial charge in [0.15, 0.2) is 0 Å². The van der Waals surface area contributed by atoms with Crippen LogP contribution in [-0.2, 0) is 18.3 Å². The van der Waals surface area contributed by atoms with Crippen LogP contribution in [0.3, 0.4) is 0 Å². The molecule has 1 aliphatic rings. The van der Waals surface area contributed by atoms with Gasteiger partial charge in [0.25, 0.3) is 0 Å². The summed E-state index contributed by atoms with van der Waals surface area (Å²) in [5.74, 6) is 0.218. The number of likely N-dealkylation sites (tertiary alicyclic amines) is 1. The van der Waals surface area contributed by atoms with Crippen molar-refractivity contribution >= 4 is 5.91 Å². The second-order valence-corrected chi connectivity index (χ2v) is 4.64. The number of likely N-dealkylation sites (N-methyl/N-ethyl adjacent to an activating group) is 1. The van der Waals surface area contributed by atoms with Gasteiger partial charge in [-0.05, 0) is 25.5 Å². The quantitative estimate of drug-likeness (QED) is 0.811. The van der Waals surface area contributed by atoms with Gasteiger partial charge in [-0.1, -0.05) is 0 Å². The van der Waals surface area contributed by atoms with Crippen LogP contribution in [0, 0.1) is 0 Å². The van der Waals surface area contributed by atoms with Crippen LogP contribution in [0.25, 0.3) is 0 Å². The van der Waals surface area contributed by atoms with Gasteiger partial charge in [-0.25, -0.2) is 0 Å². The van der Waals surface area contributed by atoms with E-state index in [0.717, 1.165) is 31.5 Å². The molecule has 1 aliphatic heterocycles. The fourth-order valence-corrected chi connectivity index (χ4v) is 2.45.